The molecule has 0 saturated heterocycles. The SMILES string of the molecule is COc1cc(F)ccc1NOc1ccc(C(F)(F)F)cc1Cl.Cl. The van der Waals surface area contributed by atoms with Gasteiger partial charge in [-0.15, -0.1) is 12.4 Å². The Labute approximate surface area is 140 Å². The van der Waals surface area contributed by atoms with E-state index in [2.05, 4.69) is 5.48 Å². The molecule has 2 rings (SSSR count). The highest BCUT2D eigenvalue weighted by atomic mass is 35.5. The van der Waals surface area contributed by atoms with E-state index in [-0.39, 0.29) is 28.9 Å². The summed E-state index contributed by atoms with van der Waals surface area (Å²) >= 11 is 5.74. The van der Waals surface area contributed by atoms with Crippen LogP contribution in [-0.4, -0.2) is 7.11 Å². The van der Waals surface area contributed by atoms with E-state index in [0.717, 1.165) is 24.3 Å². The first kappa shape index (κ1) is 19.2. The molecule has 0 radical (unpaired) electrons. The Kier molecular flexibility index (Phi) is 6.35. The molecular formula is C14H11Cl2F4NO2. The third-order valence-corrected chi connectivity index (χ3v) is 2.99. The van der Waals surface area contributed by atoms with Crippen molar-refractivity contribution < 1.29 is 27.1 Å². The fourth-order valence-electron chi connectivity index (χ4n) is 1.62. The van der Waals surface area contributed by atoms with Crippen LogP contribution in [-0.2, 0) is 6.18 Å². The summed E-state index contributed by atoms with van der Waals surface area (Å²) in [6.07, 6.45) is -4.49. The third kappa shape index (κ3) is 4.80. The zero-order valence-electron chi connectivity index (χ0n) is 11.6. The van der Waals surface area contributed by atoms with Gasteiger partial charge in [-0.2, -0.15) is 13.2 Å². The van der Waals surface area contributed by atoms with Gasteiger partial charge >= 0.3 is 6.18 Å². The number of rotatable bonds is 4. The van der Waals surface area contributed by atoms with Crippen molar-refractivity contribution >= 4 is 29.7 Å². The molecule has 2 aromatic carbocycles. The lowest BCUT2D eigenvalue weighted by molar-refractivity contribution is -0.137. The van der Waals surface area contributed by atoms with E-state index in [0.29, 0.717) is 5.69 Å². The van der Waals surface area contributed by atoms with Crippen molar-refractivity contribution in [3.05, 3.63) is 52.8 Å². The molecule has 9 heteroatoms. The zero-order chi connectivity index (χ0) is 16.3. The minimum Gasteiger partial charge on any atom is -0.494 e. The summed E-state index contributed by atoms with van der Waals surface area (Å²) in [6.45, 7) is 0. The van der Waals surface area contributed by atoms with Crippen molar-refractivity contribution in [2.45, 2.75) is 6.18 Å². The summed E-state index contributed by atoms with van der Waals surface area (Å²) in [7, 11) is 1.34. The molecule has 0 atom stereocenters. The molecule has 126 valence electrons. The second kappa shape index (κ2) is 7.61. The number of ether oxygens (including phenoxy) is 1. The van der Waals surface area contributed by atoms with E-state index in [1.807, 2.05) is 0 Å². The Morgan fingerprint density at radius 2 is 1.74 bits per heavy atom. The highest BCUT2D eigenvalue weighted by molar-refractivity contribution is 6.32. The van der Waals surface area contributed by atoms with Crippen LogP contribution in [0.5, 0.6) is 11.5 Å². The van der Waals surface area contributed by atoms with E-state index in [9.17, 15) is 17.6 Å². The molecule has 23 heavy (non-hydrogen) atoms. The largest absolute Gasteiger partial charge is 0.494 e. The van der Waals surface area contributed by atoms with Gasteiger partial charge in [0.1, 0.15) is 17.3 Å². The molecule has 0 aliphatic carbocycles. The second-order valence-corrected chi connectivity index (χ2v) is 4.60. The summed E-state index contributed by atoms with van der Waals surface area (Å²) in [6, 6.07) is 6.31. The van der Waals surface area contributed by atoms with Crippen LogP contribution < -0.4 is 15.1 Å². The minimum atomic E-state index is -4.49. The first-order valence-corrected chi connectivity index (χ1v) is 6.32. The van der Waals surface area contributed by atoms with Crippen molar-refractivity contribution in [2.24, 2.45) is 0 Å². The fraction of sp³-hybridized carbons (Fsp3) is 0.143. The first-order chi connectivity index (χ1) is 10.3. The van der Waals surface area contributed by atoms with Gasteiger partial charge in [-0.1, -0.05) is 11.6 Å². The number of nitrogens with one attached hydrogen (secondary N) is 1. The summed E-state index contributed by atoms with van der Waals surface area (Å²) in [4.78, 5) is 5.12. The number of hydrogen-bond donors (Lipinski definition) is 1. The molecule has 0 bridgehead atoms. The lowest BCUT2D eigenvalue weighted by atomic mass is 10.2. The molecule has 0 fully saturated rings. The van der Waals surface area contributed by atoms with Crippen LogP contribution in [0.25, 0.3) is 0 Å². The number of alkyl halides is 3. The maximum absolute atomic E-state index is 13.0. The van der Waals surface area contributed by atoms with Gasteiger partial charge in [0.05, 0.1) is 17.7 Å². The molecule has 2 aromatic rings. The van der Waals surface area contributed by atoms with Gasteiger partial charge < -0.3 is 9.57 Å². The van der Waals surface area contributed by atoms with E-state index in [1.165, 1.54) is 19.2 Å². The molecule has 0 aliphatic heterocycles. The van der Waals surface area contributed by atoms with E-state index < -0.39 is 17.6 Å². The van der Waals surface area contributed by atoms with Gasteiger partial charge in [-0.25, -0.2) is 9.87 Å². The van der Waals surface area contributed by atoms with Crippen LogP contribution in [0.1, 0.15) is 5.56 Å². The topological polar surface area (TPSA) is 30.5 Å². The van der Waals surface area contributed by atoms with Crippen molar-refractivity contribution in [1.82, 2.24) is 0 Å². The Hall–Kier alpha value is -1.86. The van der Waals surface area contributed by atoms with Crippen molar-refractivity contribution in [1.29, 1.82) is 0 Å². The smallest absolute Gasteiger partial charge is 0.416 e. The minimum absolute atomic E-state index is 0. The Morgan fingerprint density at radius 1 is 1.04 bits per heavy atom. The highest BCUT2D eigenvalue weighted by Gasteiger charge is 2.31. The predicted octanol–water partition coefficient (Wildman–Crippen LogP) is 5.33. The molecular weight excluding hydrogens is 361 g/mol. The van der Waals surface area contributed by atoms with Crippen molar-refractivity contribution in [2.75, 3.05) is 12.6 Å². The highest BCUT2D eigenvalue weighted by Crippen LogP contribution is 2.35. The van der Waals surface area contributed by atoms with Crippen LogP contribution in [0, 0.1) is 5.82 Å². The van der Waals surface area contributed by atoms with Crippen molar-refractivity contribution in [3.63, 3.8) is 0 Å². The van der Waals surface area contributed by atoms with Gasteiger partial charge in [0.15, 0.2) is 5.75 Å². The Bertz CT molecular complexity index is 680. The van der Waals surface area contributed by atoms with Gasteiger partial charge in [0.25, 0.3) is 0 Å². The van der Waals surface area contributed by atoms with Crippen LogP contribution in [0.15, 0.2) is 36.4 Å². The molecule has 1 N–H and O–H groups in total. The van der Waals surface area contributed by atoms with E-state index in [4.69, 9.17) is 21.2 Å². The molecule has 0 spiro atoms. The third-order valence-electron chi connectivity index (χ3n) is 2.69. The van der Waals surface area contributed by atoms with Crippen LogP contribution >= 0.6 is 24.0 Å². The number of methoxy groups -OCH3 is 1. The summed E-state index contributed by atoms with van der Waals surface area (Å²) < 4.78 is 55.5. The van der Waals surface area contributed by atoms with E-state index in [1.54, 1.807) is 0 Å². The van der Waals surface area contributed by atoms with Gasteiger partial charge in [-0.3, -0.25) is 0 Å². The zero-order valence-corrected chi connectivity index (χ0v) is 13.2. The quantitative estimate of drug-likeness (QED) is 0.581. The van der Waals surface area contributed by atoms with E-state index >= 15 is 0 Å². The average Bonchev–Trinajstić information content (AvgIpc) is 2.45. The summed E-state index contributed by atoms with van der Waals surface area (Å²) in [5.74, 6) is -0.348. The molecule has 0 unspecified atom stereocenters. The van der Waals surface area contributed by atoms with Crippen LogP contribution in [0.4, 0.5) is 23.2 Å². The van der Waals surface area contributed by atoms with Crippen molar-refractivity contribution in [3.8, 4) is 11.5 Å². The monoisotopic (exact) mass is 371 g/mol. The van der Waals surface area contributed by atoms with Gasteiger partial charge in [0.2, 0.25) is 0 Å². The number of hydrogen-bond acceptors (Lipinski definition) is 3. The second-order valence-electron chi connectivity index (χ2n) is 4.19. The predicted molar refractivity (Wildman–Crippen MR) is 80.9 cm³/mol. The standard InChI is InChI=1S/C14H10ClF4NO2.ClH/c1-21-13-7-9(16)3-4-11(13)20-22-12-5-2-8(6-10(12)15)14(17,18)19;/h2-7,20H,1H3;1H. The lowest BCUT2D eigenvalue weighted by Crippen LogP contribution is -2.08. The maximum Gasteiger partial charge on any atom is 0.416 e. The number of halogens is 6. The number of anilines is 1. The fourth-order valence-corrected chi connectivity index (χ4v) is 1.84. The molecule has 3 nitrogen and oxygen atoms in total. The molecule has 0 aromatic heterocycles. The van der Waals surface area contributed by atoms with Crippen LogP contribution in [0.3, 0.4) is 0 Å². The van der Waals surface area contributed by atoms with Gasteiger partial charge in [0, 0.05) is 6.07 Å². The maximum atomic E-state index is 13.0. The Morgan fingerprint density at radius 3 is 2.30 bits per heavy atom. The Balaban J connectivity index is 0.00000264. The molecule has 0 amide bonds. The summed E-state index contributed by atoms with van der Waals surface area (Å²) in [5.41, 5.74) is 1.86. The summed E-state index contributed by atoms with van der Waals surface area (Å²) in [5, 5.41) is -0.219. The number of benzene rings is 2. The first-order valence-electron chi connectivity index (χ1n) is 5.94. The molecule has 0 aliphatic rings. The van der Waals surface area contributed by atoms with Gasteiger partial charge in [-0.05, 0) is 30.3 Å². The molecule has 0 heterocycles. The molecule has 0 saturated carbocycles. The van der Waals surface area contributed by atoms with Crippen LogP contribution in [0.2, 0.25) is 5.02 Å². The lowest BCUT2D eigenvalue weighted by Gasteiger charge is -2.14. The average molecular weight is 372 g/mol. The normalized spacial score (nSPS) is 10.7.